The number of hydrogen-bond acceptors (Lipinski definition) is 8. The van der Waals surface area contributed by atoms with Gasteiger partial charge in [-0.2, -0.15) is 0 Å². The molecule has 0 amide bonds. The lowest BCUT2D eigenvalue weighted by molar-refractivity contribution is -0.137. The minimum atomic E-state index is -3.75. The number of benzene rings is 3. The molecule has 3 aromatic rings. The molecule has 1 aliphatic heterocycles. The first-order valence-electron chi connectivity index (χ1n) is 12.1. The Bertz CT molecular complexity index is 1410. The van der Waals surface area contributed by atoms with Crippen molar-refractivity contribution in [3.05, 3.63) is 95.6 Å². The Labute approximate surface area is 226 Å². The number of carbonyl (C=O) groups is 1. The van der Waals surface area contributed by atoms with Gasteiger partial charge >= 0.3 is 5.97 Å². The number of nitrogens with one attached hydrogen (secondary N) is 1. The van der Waals surface area contributed by atoms with E-state index in [1.807, 2.05) is 30.3 Å². The minimum Gasteiger partial charge on any atom is -0.481 e. The maximum absolute atomic E-state index is 13.2. The van der Waals surface area contributed by atoms with Crippen LogP contribution in [-0.4, -0.2) is 55.5 Å². The number of amidine groups is 1. The van der Waals surface area contributed by atoms with E-state index in [1.165, 1.54) is 19.2 Å². The van der Waals surface area contributed by atoms with E-state index in [0.717, 1.165) is 35.1 Å². The first-order valence-corrected chi connectivity index (χ1v) is 14.8. The van der Waals surface area contributed by atoms with Crippen molar-refractivity contribution in [3.8, 4) is 0 Å². The summed E-state index contributed by atoms with van der Waals surface area (Å²) in [5, 5.41) is 17.7. The summed E-state index contributed by atoms with van der Waals surface area (Å²) in [5.41, 5.74) is 3.63. The van der Waals surface area contributed by atoms with Crippen LogP contribution in [0.15, 0.2) is 93.9 Å². The number of hydrogen-bond donors (Lipinski definition) is 2. The molecule has 0 aromatic heterocycles. The molecule has 1 aliphatic rings. The second kappa shape index (κ2) is 12.7. The van der Waals surface area contributed by atoms with Crippen LogP contribution in [0.25, 0.3) is 0 Å². The summed E-state index contributed by atoms with van der Waals surface area (Å²) in [4.78, 5) is 21.1. The number of nitrogens with zero attached hydrogens (tertiary/aromatic N) is 2. The average molecular weight is 552 g/mol. The fraction of sp³-hybridized carbons (Fsp3) is 0.250. The third-order valence-corrected chi connectivity index (χ3v) is 8.82. The molecule has 0 bridgehead atoms. The van der Waals surface area contributed by atoms with Crippen LogP contribution in [-0.2, 0) is 19.5 Å². The molecule has 0 aliphatic carbocycles. The highest BCUT2D eigenvalue weighted by atomic mass is 32.2. The Balaban J connectivity index is 1.52. The van der Waals surface area contributed by atoms with E-state index in [1.54, 1.807) is 48.2 Å². The van der Waals surface area contributed by atoms with Crippen molar-refractivity contribution in [3.63, 3.8) is 0 Å². The van der Waals surface area contributed by atoms with Gasteiger partial charge in [-0.05, 0) is 36.2 Å². The third kappa shape index (κ3) is 7.23. The molecule has 0 saturated carbocycles. The quantitative estimate of drug-likeness (QED) is 0.268. The SMILES string of the molecule is CO/N=C(\c1ccc(NC2=NCCCS2)cc1)c1ccc(S(=O)(=O)CC(CC(=O)O)c2ccccc2)cc1. The first-order chi connectivity index (χ1) is 18.4. The molecule has 0 radical (unpaired) electrons. The lowest BCUT2D eigenvalue weighted by Crippen LogP contribution is -2.18. The van der Waals surface area contributed by atoms with Crippen molar-refractivity contribution >= 4 is 44.1 Å². The van der Waals surface area contributed by atoms with Crippen LogP contribution in [0.3, 0.4) is 0 Å². The molecule has 4 rings (SSSR count). The standard InChI is InChI=1S/C28H29N3O5S2/c1-36-31-27(21-8-12-24(13-9-21)30-28-29-16-5-17-37-28)22-10-14-25(15-11-22)38(34,35)19-23(18-26(32)33)20-6-3-2-4-7-20/h2-4,6-15,23H,5,16-19H2,1H3,(H,29,30)(H,32,33)/b31-27+. The van der Waals surface area contributed by atoms with E-state index < -0.39 is 21.7 Å². The van der Waals surface area contributed by atoms with E-state index in [9.17, 15) is 18.3 Å². The van der Waals surface area contributed by atoms with Crippen molar-refractivity contribution in [1.29, 1.82) is 0 Å². The maximum atomic E-state index is 13.2. The van der Waals surface area contributed by atoms with E-state index in [4.69, 9.17) is 4.84 Å². The predicted octanol–water partition coefficient (Wildman–Crippen LogP) is 5.02. The van der Waals surface area contributed by atoms with Gasteiger partial charge in [0.05, 0.1) is 17.1 Å². The maximum Gasteiger partial charge on any atom is 0.303 e. The Morgan fingerprint density at radius 1 is 1.05 bits per heavy atom. The van der Waals surface area contributed by atoms with Crippen molar-refractivity contribution in [2.45, 2.75) is 23.7 Å². The number of aliphatic carboxylic acids is 1. The lowest BCUT2D eigenvalue weighted by atomic mass is 9.98. The molecule has 10 heteroatoms. The largest absolute Gasteiger partial charge is 0.481 e. The van der Waals surface area contributed by atoms with Crippen molar-refractivity contribution in [2.24, 2.45) is 10.1 Å². The molecule has 3 aromatic carbocycles. The zero-order chi connectivity index (χ0) is 27.0. The van der Waals surface area contributed by atoms with Crippen LogP contribution < -0.4 is 5.32 Å². The van der Waals surface area contributed by atoms with Crippen molar-refractivity contribution in [2.75, 3.05) is 30.5 Å². The highest BCUT2D eigenvalue weighted by Crippen LogP contribution is 2.26. The number of sulfone groups is 1. The van der Waals surface area contributed by atoms with Crippen LogP contribution >= 0.6 is 11.8 Å². The van der Waals surface area contributed by atoms with Gasteiger partial charge in [0.1, 0.15) is 12.8 Å². The number of carboxylic acids is 1. The molecular weight excluding hydrogens is 522 g/mol. The minimum absolute atomic E-state index is 0.120. The van der Waals surface area contributed by atoms with Gasteiger partial charge in [0.25, 0.3) is 0 Å². The Hall–Kier alpha value is -3.63. The summed E-state index contributed by atoms with van der Waals surface area (Å²) in [6.07, 6.45) is 0.810. The first kappa shape index (κ1) is 27.4. The molecule has 0 saturated heterocycles. The molecule has 8 nitrogen and oxygen atoms in total. The van der Waals surface area contributed by atoms with E-state index in [0.29, 0.717) is 16.8 Å². The molecule has 0 spiro atoms. The summed E-state index contributed by atoms with van der Waals surface area (Å²) in [7, 11) is -2.29. The highest BCUT2D eigenvalue weighted by Gasteiger charge is 2.25. The summed E-state index contributed by atoms with van der Waals surface area (Å²) >= 11 is 1.70. The Kier molecular flexibility index (Phi) is 9.19. The molecule has 1 unspecified atom stereocenters. The number of thioether (sulfide) groups is 1. The number of oxime groups is 1. The number of rotatable bonds is 10. The van der Waals surface area contributed by atoms with Gasteiger partial charge in [0.15, 0.2) is 15.0 Å². The third-order valence-electron chi connectivity index (χ3n) is 5.99. The summed E-state index contributed by atoms with van der Waals surface area (Å²) in [5.74, 6) is -0.961. The summed E-state index contributed by atoms with van der Waals surface area (Å²) in [6.45, 7) is 0.830. The molecular formula is C28H29N3O5S2. The van der Waals surface area contributed by atoms with Crippen LogP contribution in [0.1, 0.15) is 35.4 Å². The van der Waals surface area contributed by atoms with Gasteiger partial charge in [-0.1, -0.05) is 71.5 Å². The molecule has 198 valence electrons. The molecule has 1 atom stereocenters. The van der Waals surface area contributed by atoms with Gasteiger partial charge in [0, 0.05) is 35.0 Å². The number of carboxylic acid groups (broad SMARTS) is 1. The number of aliphatic imine (C=N–C) groups is 1. The van der Waals surface area contributed by atoms with E-state index >= 15 is 0 Å². The fourth-order valence-corrected chi connectivity index (χ4v) is 6.55. The van der Waals surface area contributed by atoms with Gasteiger partial charge in [-0.15, -0.1) is 0 Å². The summed E-state index contributed by atoms with van der Waals surface area (Å²) < 4.78 is 26.4. The Morgan fingerprint density at radius 2 is 1.71 bits per heavy atom. The smallest absolute Gasteiger partial charge is 0.303 e. The zero-order valence-electron chi connectivity index (χ0n) is 20.9. The molecule has 2 N–H and O–H groups in total. The van der Waals surface area contributed by atoms with Gasteiger partial charge in [-0.3, -0.25) is 9.79 Å². The van der Waals surface area contributed by atoms with Crippen LogP contribution in [0.4, 0.5) is 5.69 Å². The average Bonchev–Trinajstić information content (AvgIpc) is 2.93. The highest BCUT2D eigenvalue weighted by molar-refractivity contribution is 8.14. The molecule has 1 heterocycles. The van der Waals surface area contributed by atoms with E-state index in [-0.39, 0.29) is 17.1 Å². The lowest BCUT2D eigenvalue weighted by Gasteiger charge is -2.16. The van der Waals surface area contributed by atoms with E-state index in [2.05, 4.69) is 15.5 Å². The van der Waals surface area contributed by atoms with Gasteiger partial charge in [-0.25, -0.2) is 8.42 Å². The summed E-state index contributed by atoms with van der Waals surface area (Å²) in [6, 6.07) is 22.9. The van der Waals surface area contributed by atoms with Gasteiger partial charge < -0.3 is 15.3 Å². The zero-order valence-corrected chi connectivity index (χ0v) is 22.5. The second-order valence-corrected chi connectivity index (χ2v) is 11.8. The van der Waals surface area contributed by atoms with Crippen LogP contribution in [0, 0.1) is 0 Å². The molecule has 38 heavy (non-hydrogen) atoms. The van der Waals surface area contributed by atoms with Gasteiger partial charge in [0.2, 0.25) is 0 Å². The number of anilines is 1. The van der Waals surface area contributed by atoms with Crippen molar-refractivity contribution < 1.29 is 23.2 Å². The van der Waals surface area contributed by atoms with Crippen LogP contribution in [0.2, 0.25) is 0 Å². The normalized spacial score (nSPS) is 14.9. The fourth-order valence-electron chi connectivity index (χ4n) is 4.12. The topological polar surface area (TPSA) is 117 Å². The predicted molar refractivity (Wildman–Crippen MR) is 152 cm³/mol. The van der Waals surface area contributed by atoms with Crippen LogP contribution in [0.5, 0.6) is 0 Å². The second-order valence-electron chi connectivity index (χ2n) is 8.72. The Morgan fingerprint density at radius 3 is 2.29 bits per heavy atom. The monoisotopic (exact) mass is 551 g/mol. The van der Waals surface area contributed by atoms with Crippen molar-refractivity contribution in [1.82, 2.24) is 0 Å². The molecule has 0 fully saturated rings.